The highest BCUT2D eigenvalue weighted by molar-refractivity contribution is 7.99. The van der Waals surface area contributed by atoms with Crippen LogP contribution in [0.4, 0.5) is 11.4 Å². The number of thioether (sulfide) groups is 1. The summed E-state index contributed by atoms with van der Waals surface area (Å²) in [6.07, 6.45) is 1.54. The van der Waals surface area contributed by atoms with Crippen molar-refractivity contribution < 1.29 is 14.1 Å². The Balaban J connectivity index is 1.62. The summed E-state index contributed by atoms with van der Waals surface area (Å²) in [6.45, 7) is 0.326. The number of nitrogens with one attached hydrogen (secondary N) is 1. The van der Waals surface area contributed by atoms with Crippen LogP contribution in [0.3, 0.4) is 0 Å². The predicted octanol–water partition coefficient (Wildman–Crippen LogP) is 2.61. The van der Waals surface area contributed by atoms with Crippen molar-refractivity contribution in [3.63, 3.8) is 0 Å². The van der Waals surface area contributed by atoms with Crippen molar-refractivity contribution in [2.75, 3.05) is 11.1 Å². The number of nitro benzene ring substituents is 1. The number of hydrogen-bond acceptors (Lipinski definition) is 8. The van der Waals surface area contributed by atoms with Crippen molar-refractivity contribution in [1.82, 2.24) is 20.2 Å². The number of halogens is 1. The first kappa shape index (κ1) is 17.9. The minimum atomic E-state index is -0.613. The monoisotopic (exact) mass is 394 g/mol. The fourth-order valence-corrected chi connectivity index (χ4v) is 2.87. The molecule has 0 atom stereocenters. The average molecular weight is 395 g/mol. The summed E-state index contributed by atoms with van der Waals surface area (Å²) >= 11 is 6.85. The van der Waals surface area contributed by atoms with E-state index in [2.05, 4.69) is 20.8 Å². The maximum absolute atomic E-state index is 12.1. The molecule has 2 heterocycles. The summed E-state index contributed by atoms with van der Waals surface area (Å²) in [5, 5.41) is 25.4. The van der Waals surface area contributed by atoms with Gasteiger partial charge in [0.1, 0.15) is 18.0 Å². The molecule has 0 bridgehead atoms. The number of benzene rings is 1. The van der Waals surface area contributed by atoms with Crippen molar-refractivity contribution >= 4 is 40.6 Å². The quantitative estimate of drug-likeness (QED) is 0.367. The number of nitrogens with zero attached hydrogens (tertiary/aromatic N) is 5. The highest BCUT2D eigenvalue weighted by atomic mass is 35.5. The highest BCUT2D eigenvalue weighted by Crippen LogP contribution is 2.28. The third-order valence-corrected chi connectivity index (χ3v) is 4.34. The van der Waals surface area contributed by atoms with Crippen molar-refractivity contribution in [2.24, 2.45) is 0 Å². The molecule has 12 heteroatoms. The molecule has 3 aromatic rings. The number of carbonyl (C=O) groups excluding carboxylic acids is 1. The summed E-state index contributed by atoms with van der Waals surface area (Å²) in [7, 11) is 0. The van der Waals surface area contributed by atoms with Crippen LogP contribution in [-0.4, -0.2) is 36.8 Å². The van der Waals surface area contributed by atoms with Crippen molar-refractivity contribution in [3.8, 4) is 0 Å². The standard InChI is InChI=1S/C14H11ClN6O4S/c15-9-3-4-11(12(6-9)21(23)24)16-13(22)8-26-14-17-18-19-20(14)7-10-2-1-5-25-10/h1-6H,7-8H2,(H,16,22). The van der Waals surface area contributed by atoms with Gasteiger partial charge in [0.2, 0.25) is 11.1 Å². The number of nitro groups is 1. The first-order chi connectivity index (χ1) is 12.5. The van der Waals surface area contributed by atoms with Gasteiger partial charge in [-0.15, -0.1) is 5.10 Å². The van der Waals surface area contributed by atoms with Gasteiger partial charge < -0.3 is 9.73 Å². The Hall–Kier alpha value is -2.92. The molecular weight excluding hydrogens is 384 g/mol. The maximum Gasteiger partial charge on any atom is 0.294 e. The normalized spacial score (nSPS) is 10.7. The number of amides is 1. The van der Waals surface area contributed by atoms with Gasteiger partial charge in [-0.2, -0.15) is 0 Å². The Morgan fingerprint density at radius 1 is 1.42 bits per heavy atom. The Bertz CT molecular complexity index is 929. The number of hydrogen-bond donors (Lipinski definition) is 1. The molecule has 1 amide bonds. The summed E-state index contributed by atoms with van der Waals surface area (Å²) in [5.74, 6) is 0.201. The van der Waals surface area contributed by atoms with Crippen LogP contribution in [0.5, 0.6) is 0 Å². The number of tetrazole rings is 1. The fourth-order valence-electron chi connectivity index (χ4n) is 2.03. The van der Waals surface area contributed by atoms with Crippen LogP contribution in [0.25, 0.3) is 0 Å². The number of aromatic nitrogens is 4. The van der Waals surface area contributed by atoms with E-state index in [1.165, 1.54) is 22.9 Å². The molecule has 1 aromatic carbocycles. The lowest BCUT2D eigenvalue weighted by Gasteiger charge is -2.06. The Kier molecular flexibility index (Phi) is 5.49. The number of carbonyl (C=O) groups is 1. The Morgan fingerprint density at radius 3 is 3.00 bits per heavy atom. The van der Waals surface area contributed by atoms with Gasteiger partial charge in [-0.3, -0.25) is 14.9 Å². The van der Waals surface area contributed by atoms with Crippen molar-refractivity contribution in [1.29, 1.82) is 0 Å². The largest absolute Gasteiger partial charge is 0.467 e. The second-order valence-electron chi connectivity index (χ2n) is 4.95. The van der Waals surface area contributed by atoms with Gasteiger partial charge in [0.15, 0.2) is 0 Å². The van der Waals surface area contributed by atoms with Crippen LogP contribution in [0.15, 0.2) is 46.2 Å². The summed E-state index contributed by atoms with van der Waals surface area (Å²) < 4.78 is 6.72. The van der Waals surface area contributed by atoms with Gasteiger partial charge in [-0.25, -0.2) is 4.68 Å². The topological polar surface area (TPSA) is 129 Å². The van der Waals surface area contributed by atoms with E-state index < -0.39 is 10.8 Å². The number of rotatable bonds is 7. The average Bonchev–Trinajstić information content (AvgIpc) is 3.27. The first-order valence-corrected chi connectivity index (χ1v) is 8.54. The van der Waals surface area contributed by atoms with Crippen LogP contribution >= 0.6 is 23.4 Å². The highest BCUT2D eigenvalue weighted by Gasteiger charge is 2.17. The molecule has 0 saturated heterocycles. The molecule has 134 valence electrons. The first-order valence-electron chi connectivity index (χ1n) is 7.18. The fraction of sp³-hybridized carbons (Fsp3) is 0.143. The zero-order valence-electron chi connectivity index (χ0n) is 13.0. The lowest BCUT2D eigenvalue weighted by molar-refractivity contribution is -0.383. The molecule has 26 heavy (non-hydrogen) atoms. The number of furan rings is 1. The minimum absolute atomic E-state index is 0.0295. The van der Waals surface area contributed by atoms with Crippen molar-refractivity contribution in [3.05, 3.63) is 57.5 Å². The third kappa shape index (κ3) is 4.37. The molecule has 0 radical (unpaired) electrons. The smallest absolute Gasteiger partial charge is 0.294 e. The maximum atomic E-state index is 12.1. The molecule has 0 spiro atoms. The SMILES string of the molecule is O=C(CSc1nnnn1Cc1ccco1)Nc1ccc(Cl)cc1[N+](=O)[O-]. The lowest BCUT2D eigenvalue weighted by Crippen LogP contribution is -2.16. The molecule has 10 nitrogen and oxygen atoms in total. The van der Waals surface area contributed by atoms with E-state index in [0.29, 0.717) is 17.5 Å². The summed E-state index contributed by atoms with van der Waals surface area (Å²) in [4.78, 5) is 22.5. The van der Waals surface area contributed by atoms with Gasteiger partial charge in [0, 0.05) is 11.1 Å². The molecule has 3 rings (SSSR count). The van der Waals surface area contributed by atoms with E-state index in [4.69, 9.17) is 16.0 Å². The summed E-state index contributed by atoms with van der Waals surface area (Å²) in [6, 6.07) is 7.54. The van der Waals surface area contributed by atoms with E-state index in [1.54, 1.807) is 18.4 Å². The van der Waals surface area contributed by atoms with E-state index in [0.717, 1.165) is 11.8 Å². The zero-order valence-corrected chi connectivity index (χ0v) is 14.6. The van der Waals surface area contributed by atoms with E-state index >= 15 is 0 Å². The van der Waals surface area contributed by atoms with Crippen LogP contribution in [0, 0.1) is 10.1 Å². The second kappa shape index (κ2) is 7.97. The zero-order chi connectivity index (χ0) is 18.5. The van der Waals surface area contributed by atoms with Crippen LogP contribution in [0.2, 0.25) is 5.02 Å². The van der Waals surface area contributed by atoms with Gasteiger partial charge in [0.05, 0.1) is 16.9 Å². The van der Waals surface area contributed by atoms with E-state index in [-0.39, 0.29) is 22.2 Å². The molecule has 0 aliphatic carbocycles. The molecule has 1 N–H and O–H groups in total. The predicted molar refractivity (Wildman–Crippen MR) is 93.1 cm³/mol. The van der Waals surface area contributed by atoms with Gasteiger partial charge in [-0.1, -0.05) is 23.4 Å². The van der Waals surface area contributed by atoms with Crippen LogP contribution in [-0.2, 0) is 11.3 Å². The van der Waals surface area contributed by atoms with Crippen molar-refractivity contribution in [2.45, 2.75) is 11.7 Å². The van der Waals surface area contributed by atoms with E-state index in [1.807, 2.05) is 0 Å². The molecule has 0 aliphatic heterocycles. The molecular formula is C14H11ClN6O4S. The molecule has 0 aliphatic rings. The minimum Gasteiger partial charge on any atom is -0.467 e. The molecule has 0 saturated carbocycles. The van der Waals surface area contributed by atoms with Gasteiger partial charge in [0.25, 0.3) is 5.69 Å². The lowest BCUT2D eigenvalue weighted by atomic mass is 10.2. The van der Waals surface area contributed by atoms with Crippen LogP contribution in [0.1, 0.15) is 5.76 Å². The third-order valence-electron chi connectivity index (χ3n) is 3.15. The number of anilines is 1. The van der Waals surface area contributed by atoms with Gasteiger partial charge >= 0.3 is 0 Å². The van der Waals surface area contributed by atoms with Crippen LogP contribution < -0.4 is 5.32 Å². The molecule has 0 unspecified atom stereocenters. The molecule has 2 aromatic heterocycles. The van der Waals surface area contributed by atoms with Gasteiger partial charge in [-0.05, 0) is 34.7 Å². The molecule has 0 fully saturated rings. The summed E-state index contributed by atoms with van der Waals surface area (Å²) in [5.41, 5.74) is -0.210. The Labute approximate surface area is 155 Å². The van der Waals surface area contributed by atoms with E-state index in [9.17, 15) is 14.9 Å². The Morgan fingerprint density at radius 2 is 2.27 bits per heavy atom. The second-order valence-corrected chi connectivity index (χ2v) is 6.33.